The van der Waals surface area contributed by atoms with Gasteiger partial charge in [-0.1, -0.05) is 0 Å². The first-order valence-electron chi connectivity index (χ1n) is 4.90. The zero-order chi connectivity index (χ0) is 9.68. The Morgan fingerprint density at radius 3 is 2.69 bits per heavy atom. The Bertz CT molecular complexity index is 164. The third-order valence-electron chi connectivity index (χ3n) is 2.46. The van der Waals surface area contributed by atoms with E-state index in [0.29, 0.717) is 19.0 Å². The summed E-state index contributed by atoms with van der Waals surface area (Å²) in [5, 5.41) is 2.99. The van der Waals surface area contributed by atoms with Crippen molar-refractivity contribution in [1.29, 1.82) is 0 Å². The molecule has 1 aliphatic rings. The average Bonchev–Trinajstić information content (AvgIpc) is 2.09. The topological polar surface area (TPSA) is 58.4 Å². The van der Waals surface area contributed by atoms with Gasteiger partial charge in [0.05, 0.1) is 0 Å². The van der Waals surface area contributed by atoms with E-state index in [1.165, 1.54) is 0 Å². The minimum absolute atomic E-state index is 0.0945. The molecule has 13 heavy (non-hydrogen) atoms. The fraction of sp³-hybridized carbons (Fsp3) is 0.889. The van der Waals surface area contributed by atoms with E-state index >= 15 is 0 Å². The van der Waals surface area contributed by atoms with E-state index in [2.05, 4.69) is 17.3 Å². The van der Waals surface area contributed by atoms with Crippen LogP contribution in [0.1, 0.15) is 19.3 Å². The average molecular weight is 185 g/mol. The summed E-state index contributed by atoms with van der Waals surface area (Å²) in [5.74, 6) is 0.0945. The molecule has 3 N–H and O–H groups in total. The molecule has 0 aromatic carbocycles. The molecule has 1 aliphatic heterocycles. The first kappa shape index (κ1) is 10.5. The fourth-order valence-corrected chi connectivity index (χ4v) is 1.58. The van der Waals surface area contributed by atoms with E-state index in [9.17, 15) is 4.79 Å². The number of carbonyl (C=O) groups excluding carboxylic acids is 1. The summed E-state index contributed by atoms with van der Waals surface area (Å²) >= 11 is 0. The number of piperidine rings is 1. The number of nitrogens with zero attached hydrogens (tertiary/aromatic N) is 1. The molecule has 0 aliphatic carbocycles. The van der Waals surface area contributed by atoms with Crippen LogP contribution in [0, 0.1) is 0 Å². The van der Waals surface area contributed by atoms with Gasteiger partial charge in [-0.3, -0.25) is 4.79 Å². The van der Waals surface area contributed by atoms with Crippen LogP contribution in [0.25, 0.3) is 0 Å². The van der Waals surface area contributed by atoms with Gasteiger partial charge in [0, 0.05) is 19.0 Å². The van der Waals surface area contributed by atoms with Gasteiger partial charge in [-0.05, 0) is 33.0 Å². The molecule has 0 saturated carbocycles. The van der Waals surface area contributed by atoms with Gasteiger partial charge in [0.25, 0.3) is 0 Å². The van der Waals surface area contributed by atoms with Crippen molar-refractivity contribution in [2.24, 2.45) is 5.73 Å². The Morgan fingerprint density at radius 1 is 1.54 bits per heavy atom. The van der Waals surface area contributed by atoms with E-state index < -0.39 is 0 Å². The van der Waals surface area contributed by atoms with Gasteiger partial charge in [0.15, 0.2) is 0 Å². The van der Waals surface area contributed by atoms with E-state index in [-0.39, 0.29) is 5.91 Å². The van der Waals surface area contributed by atoms with Crippen molar-refractivity contribution in [3.8, 4) is 0 Å². The highest BCUT2D eigenvalue weighted by Crippen LogP contribution is 2.07. The maximum Gasteiger partial charge on any atom is 0.221 e. The zero-order valence-electron chi connectivity index (χ0n) is 8.25. The predicted molar refractivity (Wildman–Crippen MR) is 52.3 cm³/mol. The Kier molecular flexibility index (Phi) is 4.18. The van der Waals surface area contributed by atoms with Crippen LogP contribution >= 0.6 is 0 Å². The van der Waals surface area contributed by atoms with Gasteiger partial charge in [0.1, 0.15) is 0 Å². The smallest absolute Gasteiger partial charge is 0.221 e. The largest absolute Gasteiger partial charge is 0.353 e. The summed E-state index contributed by atoms with van der Waals surface area (Å²) in [4.78, 5) is 13.5. The Hall–Kier alpha value is -0.610. The minimum atomic E-state index is 0.0945. The van der Waals surface area contributed by atoms with E-state index in [0.717, 1.165) is 25.9 Å². The van der Waals surface area contributed by atoms with Crippen molar-refractivity contribution in [3.05, 3.63) is 0 Å². The van der Waals surface area contributed by atoms with Gasteiger partial charge in [-0.2, -0.15) is 0 Å². The lowest BCUT2D eigenvalue weighted by Gasteiger charge is -2.29. The maximum absolute atomic E-state index is 11.2. The standard InChI is InChI=1S/C9H19N3O/c1-12-6-3-8(4-7-12)11-9(13)2-5-10/h8H,2-7,10H2,1H3,(H,11,13). The second-order valence-electron chi connectivity index (χ2n) is 3.68. The fourth-order valence-electron chi connectivity index (χ4n) is 1.58. The molecule has 1 rings (SSSR count). The number of rotatable bonds is 3. The Morgan fingerprint density at radius 2 is 2.15 bits per heavy atom. The molecule has 0 radical (unpaired) electrons. The van der Waals surface area contributed by atoms with Crippen LogP contribution in [0.15, 0.2) is 0 Å². The summed E-state index contributed by atoms with van der Waals surface area (Å²) in [7, 11) is 2.11. The molecule has 0 aromatic rings. The number of nitrogens with two attached hydrogens (primary N) is 1. The predicted octanol–water partition coefficient (Wildman–Crippen LogP) is -0.454. The highest BCUT2D eigenvalue weighted by Gasteiger charge is 2.17. The van der Waals surface area contributed by atoms with Crippen molar-refractivity contribution >= 4 is 5.91 Å². The molecule has 1 amide bonds. The molecule has 0 unspecified atom stereocenters. The monoisotopic (exact) mass is 185 g/mol. The summed E-state index contributed by atoms with van der Waals surface area (Å²) in [6, 6.07) is 0.371. The van der Waals surface area contributed by atoms with Crippen molar-refractivity contribution < 1.29 is 4.79 Å². The second kappa shape index (κ2) is 5.19. The summed E-state index contributed by atoms with van der Waals surface area (Å²) in [6.07, 6.45) is 2.58. The number of hydrogen-bond acceptors (Lipinski definition) is 3. The lowest BCUT2D eigenvalue weighted by molar-refractivity contribution is -0.121. The minimum Gasteiger partial charge on any atom is -0.353 e. The Balaban J connectivity index is 2.18. The van der Waals surface area contributed by atoms with Crippen molar-refractivity contribution in [3.63, 3.8) is 0 Å². The van der Waals surface area contributed by atoms with Gasteiger partial charge in [-0.25, -0.2) is 0 Å². The van der Waals surface area contributed by atoms with Crippen molar-refractivity contribution in [2.45, 2.75) is 25.3 Å². The molecular formula is C9H19N3O. The third kappa shape index (κ3) is 3.74. The highest BCUT2D eigenvalue weighted by molar-refractivity contribution is 5.76. The van der Waals surface area contributed by atoms with E-state index in [1.807, 2.05) is 0 Å². The lowest BCUT2D eigenvalue weighted by atomic mass is 10.1. The molecule has 1 heterocycles. The van der Waals surface area contributed by atoms with Gasteiger partial charge >= 0.3 is 0 Å². The summed E-state index contributed by atoms with van der Waals surface area (Å²) in [5.41, 5.74) is 5.29. The first-order chi connectivity index (χ1) is 6.22. The van der Waals surface area contributed by atoms with E-state index in [4.69, 9.17) is 5.73 Å². The zero-order valence-corrected chi connectivity index (χ0v) is 8.25. The third-order valence-corrected chi connectivity index (χ3v) is 2.46. The van der Waals surface area contributed by atoms with Crippen LogP contribution in [0.4, 0.5) is 0 Å². The van der Waals surface area contributed by atoms with Crippen LogP contribution in [-0.2, 0) is 4.79 Å². The molecule has 0 bridgehead atoms. The molecule has 0 spiro atoms. The molecule has 1 fully saturated rings. The summed E-state index contributed by atoms with van der Waals surface area (Å²) in [6.45, 7) is 2.60. The number of carbonyl (C=O) groups is 1. The molecule has 4 heteroatoms. The normalized spacial score (nSPS) is 20.2. The van der Waals surface area contributed by atoms with Gasteiger partial charge < -0.3 is 16.0 Å². The van der Waals surface area contributed by atoms with Crippen LogP contribution in [0.3, 0.4) is 0 Å². The van der Waals surface area contributed by atoms with Gasteiger partial charge in [-0.15, -0.1) is 0 Å². The summed E-state index contributed by atoms with van der Waals surface area (Å²) < 4.78 is 0. The first-order valence-corrected chi connectivity index (χ1v) is 4.90. The second-order valence-corrected chi connectivity index (χ2v) is 3.68. The molecule has 1 saturated heterocycles. The van der Waals surface area contributed by atoms with Crippen LogP contribution < -0.4 is 11.1 Å². The number of likely N-dealkylation sites (tertiary alicyclic amines) is 1. The van der Waals surface area contributed by atoms with Crippen molar-refractivity contribution in [2.75, 3.05) is 26.7 Å². The number of hydrogen-bond donors (Lipinski definition) is 2. The van der Waals surface area contributed by atoms with Crippen LogP contribution in [-0.4, -0.2) is 43.5 Å². The SMILES string of the molecule is CN1CCC(NC(=O)CCN)CC1. The molecular weight excluding hydrogens is 166 g/mol. The maximum atomic E-state index is 11.2. The van der Waals surface area contributed by atoms with Crippen LogP contribution in [0.2, 0.25) is 0 Å². The highest BCUT2D eigenvalue weighted by atomic mass is 16.1. The lowest BCUT2D eigenvalue weighted by Crippen LogP contribution is -2.43. The molecule has 4 nitrogen and oxygen atoms in total. The quantitative estimate of drug-likeness (QED) is 0.626. The number of nitrogens with one attached hydrogen (secondary N) is 1. The molecule has 76 valence electrons. The number of amides is 1. The molecule has 0 atom stereocenters. The van der Waals surface area contributed by atoms with Crippen LogP contribution in [0.5, 0.6) is 0 Å². The van der Waals surface area contributed by atoms with E-state index in [1.54, 1.807) is 0 Å². The molecule has 0 aromatic heterocycles. The van der Waals surface area contributed by atoms with Crippen molar-refractivity contribution in [1.82, 2.24) is 10.2 Å². The Labute approximate surface area is 79.5 Å². The van der Waals surface area contributed by atoms with Gasteiger partial charge in [0.2, 0.25) is 5.91 Å².